The third-order valence-electron chi connectivity index (χ3n) is 3.92. The van der Waals surface area contributed by atoms with Crippen LogP contribution in [-0.2, 0) is 6.54 Å². The van der Waals surface area contributed by atoms with Crippen LogP contribution in [0.15, 0.2) is 30.3 Å². The van der Waals surface area contributed by atoms with Crippen LogP contribution >= 0.6 is 12.4 Å². The highest BCUT2D eigenvalue weighted by Gasteiger charge is 2.53. The minimum atomic E-state index is 0. The molecule has 0 aromatic heterocycles. The second-order valence-electron chi connectivity index (χ2n) is 5.12. The van der Waals surface area contributed by atoms with E-state index in [-0.39, 0.29) is 12.4 Å². The number of nitrogens with two attached hydrogens (primary N) is 1. The molecule has 2 N–H and O–H groups in total. The van der Waals surface area contributed by atoms with E-state index in [1.54, 1.807) is 0 Å². The average molecular weight is 239 g/mol. The van der Waals surface area contributed by atoms with Crippen LogP contribution in [-0.4, -0.2) is 24.0 Å². The molecule has 1 saturated heterocycles. The maximum absolute atomic E-state index is 6.18. The Bertz CT molecular complexity index is 348. The largest absolute Gasteiger partial charge is 0.326 e. The number of hydrogen-bond donors (Lipinski definition) is 1. The van der Waals surface area contributed by atoms with Crippen LogP contribution in [0.1, 0.15) is 18.4 Å². The molecule has 0 amide bonds. The van der Waals surface area contributed by atoms with E-state index < -0.39 is 0 Å². The third kappa shape index (κ3) is 2.10. The molecule has 1 aliphatic carbocycles. The molecule has 2 nitrogen and oxygen atoms in total. The number of rotatable bonds is 2. The molecule has 16 heavy (non-hydrogen) atoms. The zero-order valence-corrected chi connectivity index (χ0v) is 10.2. The quantitative estimate of drug-likeness (QED) is 0.855. The fraction of sp³-hybridized carbons (Fsp3) is 0.538. The van der Waals surface area contributed by atoms with Crippen LogP contribution in [0.4, 0.5) is 0 Å². The van der Waals surface area contributed by atoms with E-state index in [1.165, 1.54) is 24.9 Å². The highest BCUT2D eigenvalue weighted by atomic mass is 35.5. The predicted octanol–water partition coefficient (Wildman–Crippen LogP) is 2.03. The van der Waals surface area contributed by atoms with Gasteiger partial charge in [0.05, 0.1) is 0 Å². The van der Waals surface area contributed by atoms with Gasteiger partial charge in [-0.25, -0.2) is 0 Å². The van der Waals surface area contributed by atoms with E-state index in [2.05, 4.69) is 35.2 Å². The summed E-state index contributed by atoms with van der Waals surface area (Å²) in [6.45, 7) is 3.36. The lowest BCUT2D eigenvalue weighted by Crippen LogP contribution is -2.30. The van der Waals surface area contributed by atoms with Crippen molar-refractivity contribution in [2.75, 3.05) is 13.1 Å². The summed E-state index contributed by atoms with van der Waals surface area (Å²) in [6.07, 6.45) is 2.69. The molecule has 0 unspecified atom stereocenters. The zero-order valence-electron chi connectivity index (χ0n) is 9.43. The molecule has 1 atom stereocenters. The predicted molar refractivity (Wildman–Crippen MR) is 68.6 cm³/mol. The fourth-order valence-corrected chi connectivity index (χ4v) is 2.75. The number of benzene rings is 1. The fourth-order valence-electron chi connectivity index (χ4n) is 2.75. The Morgan fingerprint density at radius 3 is 2.50 bits per heavy atom. The molecule has 2 aliphatic rings. The third-order valence-corrected chi connectivity index (χ3v) is 3.92. The van der Waals surface area contributed by atoms with Gasteiger partial charge >= 0.3 is 0 Å². The van der Waals surface area contributed by atoms with Crippen molar-refractivity contribution in [1.82, 2.24) is 4.90 Å². The molecule has 3 rings (SSSR count). The standard InChI is InChI=1S/C13H18N2.ClH/c14-12-9-15(10-13(12)6-7-13)8-11-4-2-1-3-5-11;/h1-5,12H,6-10,14H2;1H/t12-;/m1./s1. The van der Waals surface area contributed by atoms with Crippen LogP contribution in [0.2, 0.25) is 0 Å². The maximum atomic E-state index is 6.18. The van der Waals surface area contributed by atoms with Crippen molar-refractivity contribution in [2.45, 2.75) is 25.4 Å². The minimum Gasteiger partial charge on any atom is -0.326 e. The summed E-state index contributed by atoms with van der Waals surface area (Å²) < 4.78 is 0. The summed E-state index contributed by atoms with van der Waals surface area (Å²) in [7, 11) is 0. The molecule has 88 valence electrons. The SMILES string of the molecule is Cl.N[C@@H]1CN(Cc2ccccc2)CC12CC2. The highest BCUT2D eigenvalue weighted by Crippen LogP contribution is 2.52. The topological polar surface area (TPSA) is 29.3 Å². The van der Waals surface area contributed by atoms with Crippen molar-refractivity contribution in [1.29, 1.82) is 0 Å². The van der Waals surface area contributed by atoms with Crippen molar-refractivity contribution in [3.63, 3.8) is 0 Å². The first-order valence-corrected chi connectivity index (χ1v) is 5.80. The summed E-state index contributed by atoms with van der Waals surface area (Å²) >= 11 is 0. The number of nitrogens with zero attached hydrogens (tertiary/aromatic N) is 1. The van der Waals surface area contributed by atoms with E-state index in [4.69, 9.17) is 5.73 Å². The Labute approximate surface area is 103 Å². The number of likely N-dealkylation sites (tertiary alicyclic amines) is 1. The summed E-state index contributed by atoms with van der Waals surface area (Å²) in [6, 6.07) is 11.1. The summed E-state index contributed by atoms with van der Waals surface area (Å²) in [5, 5.41) is 0. The van der Waals surface area contributed by atoms with Crippen LogP contribution in [0.3, 0.4) is 0 Å². The monoisotopic (exact) mass is 238 g/mol. The van der Waals surface area contributed by atoms with Crippen molar-refractivity contribution < 1.29 is 0 Å². The van der Waals surface area contributed by atoms with Gasteiger partial charge in [-0.1, -0.05) is 30.3 Å². The van der Waals surface area contributed by atoms with Gasteiger partial charge in [0.2, 0.25) is 0 Å². The molecular formula is C13H19ClN2. The van der Waals surface area contributed by atoms with E-state index in [0.29, 0.717) is 11.5 Å². The molecule has 1 aromatic carbocycles. The molecule has 1 aliphatic heterocycles. The van der Waals surface area contributed by atoms with Gasteiger partial charge in [-0.05, 0) is 23.8 Å². The van der Waals surface area contributed by atoms with Crippen LogP contribution in [0, 0.1) is 5.41 Å². The number of halogens is 1. The van der Waals surface area contributed by atoms with Crippen molar-refractivity contribution in [2.24, 2.45) is 11.1 Å². The second kappa shape index (κ2) is 4.36. The van der Waals surface area contributed by atoms with Gasteiger partial charge in [0.1, 0.15) is 0 Å². The van der Waals surface area contributed by atoms with E-state index >= 15 is 0 Å². The van der Waals surface area contributed by atoms with Crippen LogP contribution < -0.4 is 5.73 Å². The Morgan fingerprint density at radius 2 is 1.94 bits per heavy atom. The Hall–Kier alpha value is -0.570. The first-order chi connectivity index (χ1) is 7.28. The average Bonchev–Trinajstić information content (AvgIpc) is 2.93. The van der Waals surface area contributed by atoms with Gasteiger partial charge < -0.3 is 5.73 Å². The smallest absolute Gasteiger partial charge is 0.0237 e. The first kappa shape index (κ1) is 11.9. The van der Waals surface area contributed by atoms with Gasteiger partial charge in [0.25, 0.3) is 0 Å². The van der Waals surface area contributed by atoms with Gasteiger partial charge in [0, 0.05) is 25.7 Å². The molecule has 1 spiro atoms. The molecule has 0 radical (unpaired) electrons. The van der Waals surface area contributed by atoms with Crippen molar-refractivity contribution in [3.8, 4) is 0 Å². The van der Waals surface area contributed by atoms with Crippen molar-refractivity contribution in [3.05, 3.63) is 35.9 Å². The van der Waals surface area contributed by atoms with Gasteiger partial charge in [-0.3, -0.25) is 4.90 Å². The van der Waals surface area contributed by atoms with Gasteiger partial charge in [-0.2, -0.15) is 0 Å². The Balaban J connectivity index is 0.000000963. The first-order valence-electron chi connectivity index (χ1n) is 5.80. The normalized spacial score (nSPS) is 26.7. The Kier molecular flexibility index (Phi) is 3.24. The van der Waals surface area contributed by atoms with Crippen LogP contribution in [0.5, 0.6) is 0 Å². The van der Waals surface area contributed by atoms with Gasteiger partial charge in [0.15, 0.2) is 0 Å². The highest BCUT2D eigenvalue weighted by molar-refractivity contribution is 5.85. The van der Waals surface area contributed by atoms with Crippen molar-refractivity contribution >= 4 is 12.4 Å². The molecular weight excluding hydrogens is 220 g/mol. The lowest BCUT2D eigenvalue weighted by Gasteiger charge is -2.15. The molecule has 1 aromatic rings. The van der Waals surface area contributed by atoms with E-state index in [1.807, 2.05) is 0 Å². The minimum absolute atomic E-state index is 0. The summed E-state index contributed by atoms with van der Waals surface area (Å²) in [4.78, 5) is 2.51. The van der Waals surface area contributed by atoms with E-state index in [0.717, 1.165) is 13.1 Å². The molecule has 2 fully saturated rings. The van der Waals surface area contributed by atoms with E-state index in [9.17, 15) is 0 Å². The lowest BCUT2D eigenvalue weighted by atomic mass is 10.0. The van der Waals surface area contributed by atoms with Crippen LogP contribution in [0.25, 0.3) is 0 Å². The molecule has 3 heteroatoms. The molecule has 1 saturated carbocycles. The lowest BCUT2D eigenvalue weighted by molar-refractivity contribution is 0.312. The Morgan fingerprint density at radius 1 is 1.25 bits per heavy atom. The molecule has 1 heterocycles. The van der Waals surface area contributed by atoms with Gasteiger partial charge in [-0.15, -0.1) is 12.4 Å². The molecule has 0 bridgehead atoms. The number of hydrogen-bond acceptors (Lipinski definition) is 2. The summed E-state index contributed by atoms with van der Waals surface area (Å²) in [5.41, 5.74) is 8.09. The maximum Gasteiger partial charge on any atom is 0.0237 e. The summed E-state index contributed by atoms with van der Waals surface area (Å²) in [5.74, 6) is 0. The second-order valence-corrected chi connectivity index (χ2v) is 5.12. The zero-order chi connectivity index (χ0) is 10.3.